The van der Waals surface area contributed by atoms with Gasteiger partial charge in [0, 0.05) is 11.1 Å². The number of nitrogens with one attached hydrogen (secondary N) is 1. The van der Waals surface area contributed by atoms with E-state index in [0.717, 1.165) is 58.9 Å². The van der Waals surface area contributed by atoms with Crippen LogP contribution in [-0.2, 0) is 17.6 Å². The average molecular weight is 438 g/mol. The predicted octanol–water partition coefficient (Wildman–Crippen LogP) is 4.95. The summed E-state index contributed by atoms with van der Waals surface area (Å²) in [4.78, 5) is 25.4. The lowest BCUT2D eigenvalue weighted by Gasteiger charge is -2.20. The summed E-state index contributed by atoms with van der Waals surface area (Å²) in [6, 6.07) is 15.1. The van der Waals surface area contributed by atoms with Crippen molar-refractivity contribution >= 4 is 33.5 Å². The number of esters is 1. The van der Waals surface area contributed by atoms with Crippen molar-refractivity contribution in [2.24, 2.45) is 0 Å². The van der Waals surface area contributed by atoms with Gasteiger partial charge in [0.15, 0.2) is 11.6 Å². The molecule has 164 valence electrons. The molecule has 0 spiro atoms. The number of aliphatic hydroxyl groups is 1. The molecule has 2 heterocycles. The molecule has 0 atom stereocenters. The Morgan fingerprint density at radius 2 is 1.97 bits per heavy atom. The normalized spacial score (nSPS) is 13.9. The summed E-state index contributed by atoms with van der Waals surface area (Å²) in [6.07, 6.45) is 3.62. The third kappa shape index (κ3) is 3.80. The zero-order valence-electron chi connectivity index (χ0n) is 18.2. The Morgan fingerprint density at radius 3 is 2.79 bits per heavy atom. The summed E-state index contributed by atoms with van der Waals surface area (Å²) < 4.78 is 5.51. The Labute approximate surface area is 190 Å². The van der Waals surface area contributed by atoms with Gasteiger partial charge in [0.05, 0.1) is 22.1 Å². The van der Waals surface area contributed by atoms with E-state index in [1.807, 2.05) is 49.4 Å². The van der Waals surface area contributed by atoms with Crippen molar-refractivity contribution in [3.8, 4) is 6.07 Å². The standard InChI is InChI=1S/C26H22N4O3/c1-15-10-11-20-17(12-15)24(16-6-2-3-7-19(16)28-20)26(32)33-14-23(31)18(13-27)25-29-21-8-4-5-9-22(21)30-25/h4-5,8-12,31H,2-3,6-7,14H2,1H3,(H,29,30)/b23-18-. The zero-order chi connectivity index (χ0) is 22.9. The minimum atomic E-state index is -0.528. The maximum absolute atomic E-state index is 13.2. The number of nitrogens with zero attached hydrogens (tertiary/aromatic N) is 3. The summed E-state index contributed by atoms with van der Waals surface area (Å²) in [7, 11) is 0. The third-order valence-electron chi connectivity index (χ3n) is 5.99. The Kier molecular flexibility index (Phi) is 5.27. The number of rotatable bonds is 4. The van der Waals surface area contributed by atoms with E-state index < -0.39 is 12.6 Å². The number of aromatic nitrogens is 3. The molecule has 2 aromatic carbocycles. The van der Waals surface area contributed by atoms with Crippen molar-refractivity contribution in [2.75, 3.05) is 6.61 Å². The van der Waals surface area contributed by atoms with Gasteiger partial charge in [-0.15, -0.1) is 0 Å². The van der Waals surface area contributed by atoms with Crippen LogP contribution in [-0.4, -0.2) is 32.6 Å². The van der Waals surface area contributed by atoms with E-state index in [0.29, 0.717) is 11.1 Å². The highest BCUT2D eigenvalue weighted by molar-refractivity contribution is 6.05. The molecule has 7 nitrogen and oxygen atoms in total. The lowest BCUT2D eigenvalue weighted by Crippen LogP contribution is -2.17. The first-order chi connectivity index (χ1) is 16.0. The number of hydrogen-bond donors (Lipinski definition) is 2. The second-order valence-corrected chi connectivity index (χ2v) is 8.25. The number of nitriles is 1. The molecule has 2 N–H and O–H groups in total. The second-order valence-electron chi connectivity index (χ2n) is 8.25. The molecular weight excluding hydrogens is 416 g/mol. The van der Waals surface area contributed by atoms with Crippen LogP contribution in [0.2, 0.25) is 0 Å². The molecule has 0 fully saturated rings. The summed E-state index contributed by atoms with van der Waals surface area (Å²) >= 11 is 0. The van der Waals surface area contributed by atoms with E-state index in [4.69, 9.17) is 9.72 Å². The number of carbonyl (C=O) groups excluding carboxylic acids is 1. The number of para-hydroxylation sites is 2. The van der Waals surface area contributed by atoms with Crippen molar-refractivity contribution in [1.82, 2.24) is 15.0 Å². The summed E-state index contributed by atoms with van der Waals surface area (Å²) in [5, 5.41) is 20.9. The van der Waals surface area contributed by atoms with Gasteiger partial charge >= 0.3 is 5.97 Å². The fourth-order valence-electron chi connectivity index (χ4n) is 4.37. The number of carbonyl (C=O) groups is 1. The SMILES string of the molecule is Cc1ccc2nc3c(c(C(=O)OC/C(O)=C(\C#N)c4nc5ccccc5[nH]4)c2c1)CCCC3. The molecule has 0 saturated heterocycles. The van der Waals surface area contributed by atoms with Crippen molar-refractivity contribution in [3.05, 3.63) is 76.4 Å². The molecule has 4 aromatic rings. The lowest BCUT2D eigenvalue weighted by molar-refractivity contribution is 0.0503. The van der Waals surface area contributed by atoms with Gasteiger partial charge < -0.3 is 14.8 Å². The number of benzene rings is 2. The van der Waals surface area contributed by atoms with Crippen molar-refractivity contribution in [2.45, 2.75) is 32.6 Å². The molecule has 33 heavy (non-hydrogen) atoms. The van der Waals surface area contributed by atoms with Gasteiger partial charge in [0.2, 0.25) is 0 Å². The van der Waals surface area contributed by atoms with Crippen LogP contribution in [0.5, 0.6) is 0 Å². The Balaban J connectivity index is 1.48. The van der Waals surface area contributed by atoms with Gasteiger partial charge in [-0.25, -0.2) is 9.78 Å². The number of ether oxygens (including phenoxy) is 1. The van der Waals surface area contributed by atoms with Gasteiger partial charge in [-0.2, -0.15) is 5.26 Å². The molecule has 7 heteroatoms. The third-order valence-corrected chi connectivity index (χ3v) is 5.99. The minimum absolute atomic E-state index is 0.0588. The summed E-state index contributed by atoms with van der Waals surface area (Å²) in [5.41, 5.74) is 5.51. The highest BCUT2D eigenvalue weighted by Crippen LogP contribution is 2.30. The fourth-order valence-corrected chi connectivity index (χ4v) is 4.37. The average Bonchev–Trinajstić information content (AvgIpc) is 3.25. The molecule has 0 radical (unpaired) electrons. The molecule has 0 aliphatic heterocycles. The maximum Gasteiger partial charge on any atom is 0.339 e. The topological polar surface area (TPSA) is 112 Å². The second kappa shape index (κ2) is 8.40. The molecule has 5 rings (SSSR count). The molecule has 1 aliphatic rings. The molecule has 1 aliphatic carbocycles. The van der Waals surface area contributed by atoms with Crippen LogP contribution < -0.4 is 0 Å². The smallest absolute Gasteiger partial charge is 0.339 e. The minimum Gasteiger partial charge on any atom is -0.507 e. The lowest BCUT2D eigenvalue weighted by atomic mass is 9.89. The summed E-state index contributed by atoms with van der Waals surface area (Å²) in [5.74, 6) is -0.650. The first kappa shape index (κ1) is 20.7. The Hall–Kier alpha value is -4.18. The van der Waals surface area contributed by atoms with Crippen LogP contribution in [0, 0.1) is 18.3 Å². The van der Waals surface area contributed by atoms with E-state index >= 15 is 0 Å². The number of aryl methyl sites for hydroxylation is 2. The van der Waals surface area contributed by atoms with E-state index in [2.05, 4.69) is 9.97 Å². The quantitative estimate of drug-likeness (QED) is 0.265. The number of hydrogen-bond acceptors (Lipinski definition) is 6. The number of aliphatic hydroxyl groups excluding tert-OH is 1. The Bertz CT molecular complexity index is 1440. The first-order valence-electron chi connectivity index (χ1n) is 10.9. The van der Waals surface area contributed by atoms with Crippen LogP contribution in [0.1, 0.15) is 45.8 Å². The van der Waals surface area contributed by atoms with Crippen molar-refractivity contribution < 1.29 is 14.6 Å². The van der Waals surface area contributed by atoms with Crippen LogP contribution in [0.3, 0.4) is 0 Å². The fraction of sp³-hybridized carbons (Fsp3) is 0.231. The molecule has 0 amide bonds. The summed E-state index contributed by atoms with van der Waals surface area (Å²) in [6.45, 7) is 1.54. The van der Waals surface area contributed by atoms with E-state index in [9.17, 15) is 15.2 Å². The van der Waals surface area contributed by atoms with E-state index in [1.54, 1.807) is 6.07 Å². The van der Waals surface area contributed by atoms with Gasteiger partial charge in [0.25, 0.3) is 0 Å². The van der Waals surface area contributed by atoms with Gasteiger partial charge in [-0.3, -0.25) is 4.98 Å². The largest absolute Gasteiger partial charge is 0.507 e. The molecule has 0 saturated carbocycles. The zero-order valence-corrected chi connectivity index (χ0v) is 18.2. The van der Waals surface area contributed by atoms with Gasteiger partial charge in [-0.05, 0) is 62.4 Å². The van der Waals surface area contributed by atoms with Crippen molar-refractivity contribution in [3.63, 3.8) is 0 Å². The highest BCUT2D eigenvalue weighted by Gasteiger charge is 2.24. The molecular formula is C26H22N4O3. The first-order valence-corrected chi connectivity index (χ1v) is 10.9. The number of pyridine rings is 1. The van der Waals surface area contributed by atoms with Gasteiger partial charge in [0.1, 0.15) is 18.2 Å². The number of aromatic amines is 1. The van der Waals surface area contributed by atoms with Crippen molar-refractivity contribution in [1.29, 1.82) is 5.26 Å². The Morgan fingerprint density at radius 1 is 1.15 bits per heavy atom. The number of allylic oxidation sites excluding steroid dienone is 1. The highest BCUT2D eigenvalue weighted by atomic mass is 16.5. The van der Waals surface area contributed by atoms with Crippen LogP contribution in [0.4, 0.5) is 0 Å². The molecule has 0 bridgehead atoms. The monoisotopic (exact) mass is 438 g/mol. The number of H-pyrrole nitrogens is 1. The maximum atomic E-state index is 13.2. The van der Waals surface area contributed by atoms with E-state index in [-0.39, 0.29) is 17.2 Å². The van der Waals surface area contributed by atoms with E-state index in [1.165, 1.54) is 0 Å². The molecule has 2 aromatic heterocycles. The van der Waals surface area contributed by atoms with Crippen LogP contribution in [0.25, 0.3) is 27.5 Å². The van der Waals surface area contributed by atoms with Crippen LogP contribution >= 0.6 is 0 Å². The molecule has 0 unspecified atom stereocenters. The predicted molar refractivity (Wildman–Crippen MR) is 125 cm³/mol. The number of imidazole rings is 1. The number of fused-ring (bicyclic) bond motifs is 3. The van der Waals surface area contributed by atoms with Crippen LogP contribution in [0.15, 0.2) is 48.2 Å². The van der Waals surface area contributed by atoms with Gasteiger partial charge in [-0.1, -0.05) is 23.8 Å².